The van der Waals surface area contributed by atoms with Crippen molar-refractivity contribution in [2.24, 2.45) is 5.92 Å². The van der Waals surface area contributed by atoms with E-state index in [-0.39, 0.29) is 17.8 Å². The molecule has 1 unspecified atom stereocenters. The standard InChI is InChI=1S/C23H29FN2O3/c24-21-7-2-1-5-19(21)16-25-11-9-18(10-12-25)15-26(17-20-6-3-13-28-20)23(27)22-8-4-14-29-22/h1-2,4-5,7-8,14,18,20H,3,6,9-13,15-17H2. The van der Waals surface area contributed by atoms with Gasteiger partial charge in [-0.3, -0.25) is 9.69 Å². The molecule has 3 heterocycles. The van der Waals surface area contributed by atoms with Gasteiger partial charge in [-0.1, -0.05) is 18.2 Å². The lowest BCUT2D eigenvalue weighted by atomic mass is 9.95. The number of carbonyl (C=O) groups is 1. The van der Waals surface area contributed by atoms with Crippen LogP contribution in [0.25, 0.3) is 0 Å². The van der Waals surface area contributed by atoms with Crippen molar-refractivity contribution in [3.05, 3.63) is 59.8 Å². The molecule has 2 aliphatic rings. The number of likely N-dealkylation sites (tertiary alicyclic amines) is 1. The van der Waals surface area contributed by atoms with E-state index < -0.39 is 0 Å². The molecule has 1 aromatic heterocycles. The van der Waals surface area contributed by atoms with Gasteiger partial charge in [-0.2, -0.15) is 0 Å². The lowest BCUT2D eigenvalue weighted by Crippen LogP contribution is -2.43. The predicted molar refractivity (Wildman–Crippen MR) is 108 cm³/mol. The molecule has 0 radical (unpaired) electrons. The van der Waals surface area contributed by atoms with E-state index in [0.29, 0.717) is 31.3 Å². The minimum Gasteiger partial charge on any atom is -0.459 e. The second-order valence-corrected chi connectivity index (χ2v) is 8.13. The van der Waals surface area contributed by atoms with Gasteiger partial charge >= 0.3 is 0 Å². The van der Waals surface area contributed by atoms with Gasteiger partial charge in [0, 0.05) is 31.8 Å². The zero-order valence-electron chi connectivity index (χ0n) is 16.8. The maximum Gasteiger partial charge on any atom is 0.289 e. The fraction of sp³-hybridized carbons (Fsp3) is 0.522. The molecule has 156 valence electrons. The fourth-order valence-corrected chi connectivity index (χ4v) is 4.34. The summed E-state index contributed by atoms with van der Waals surface area (Å²) < 4.78 is 25.0. The van der Waals surface area contributed by atoms with Crippen LogP contribution in [0.15, 0.2) is 47.1 Å². The molecule has 0 saturated carbocycles. The van der Waals surface area contributed by atoms with E-state index in [9.17, 15) is 9.18 Å². The average Bonchev–Trinajstić information content (AvgIpc) is 3.44. The normalized spacial score (nSPS) is 20.8. The summed E-state index contributed by atoms with van der Waals surface area (Å²) in [5, 5.41) is 0. The van der Waals surface area contributed by atoms with Gasteiger partial charge in [0.1, 0.15) is 5.82 Å². The summed E-state index contributed by atoms with van der Waals surface area (Å²) in [6.45, 7) is 4.59. The third-order valence-corrected chi connectivity index (χ3v) is 6.00. The van der Waals surface area contributed by atoms with E-state index >= 15 is 0 Å². The molecule has 0 N–H and O–H groups in total. The van der Waals surface area contributed by atoms with Crippen molar-refractivity contribution in [1.29, 1.82) is 0 Å². The molecule has 1 amide bonds. The molecule has 0 bridgehead atoms. The van der Waals surface area contributed by atoms with Crippen LogP contribution in [0, 0.1) is 11.7 Å². The molecule has 0 aliphatic carbocycles. The van der Waals surface area contributed by atoms with Gasteiger partial charge in [0.25, 0.3) is 5.91 Å². The Bertz CT molecular complexity index is 781. The molecule has 1 aromatic carbocycles. The molecular formula is C23H29FN2O3. The second-order valence-electron chi connectivity index (χ2n) is 8.13. The number of halogens is 1. The smallest absolute Gasteiger partial charge is 0.289 e. The van der Waals surface area contributed by atoms with Crippen LogP contribution in [0.5, 0.6) is 0 Å². The minimum absolute atomic E-state index is 0.0562. The summed E-state index contributed by atoms with van der Waals surface area (Å²) in [7, 11) is 0. The van der Waals surface area contributed by atoms with E-state index in [4.69, 9.17) is 9.15 Å². The molecule has 2 aliphatic heterocycles. The third kappa shape index (κ3) is 5.25. The molecule has 2 fully saturated rings. The van der Waals surface area contributed by atoms with Crippen LogP contribution >= 0.6 is 0 Å². The summed E-state index contributed by atoms with van der Waals surface area (Å²) in [5.41, 5.74) is 0.749. The Morgan fingerprint density at radius 1 is 1.10 bits per heavy atom. The average molecular weight is 400 g/mol. The van der Waals surface area contributed by atoms with E-state index in [1.54, 1.807) is 24.5 Å². The Morgan fingerprint density at radius 2 is 1.93 bits per heavy atom. The maximum absolute atomic E-state index is 13.9. The van der Waals surface area contributed by atoms with E-state index in [2.05, 4.69) is 4.90 Å². The first-order valence-corrected chi connectivity index (χ1v) is 10.6. The van der Waals surface area contributed by atoms with Crippen molar-refractivity contribution in [1.82, 2.24) is 9.80 Å². The molecule has 2 aromatic rings. The number of benzene rings is 1. The van der Waals surface area contributed by atoms with Crippen LogP contribution in [-0.4, -0.2) is 54.6 Å². The van der Waals surface area contributed by atoms with E-state index in [1.165, 1.54) is 6.07 Å². The number of nitrogens with zero attached hydrogens (tertiary/aromatic N) is 2. The number of furan rings is 1. The summed E-state index contributed by atoms with van der Waals surface area (Å²) >= 11 is 0. The first-order chi connectivity index (χ1) is 14.2. The van der Waals surface area contributed by atoms with Crippen LogP contribution in [-0.2, 0) is 11.3 Å². The zero-order chi connectivity index (χ0) is 20.1. The van der Waals surface area contributed by atoms with Crippen LogP contribution < -0.4 is 0 Å². The molecule has 0 spiro atoms. The van der Waals surface area contributed by atoms with Crippen molar-refractivity contribution in [2.45, 2.75) is 38.3 Å². The molecule has 2 saturated heterocycles. The van der Waals surface area contributed by atoms with Gasteiger partial charge in [-0.25, -0.2) is 4.39 Å². The topological polar surface area (TPSA) is 45.9 Å². The van der Waals surface area contributed by atoms with Crippen molar-refractivity contribution < 1.29 is 18.3 Å². The quantitative estimate of drug-likeness (QED) is 0.706. The van der Waals surface area contributed by atoms with Crippen molar-refractivity contribution in [2.75, 3.05) is 32.8 Å². The highest BCUT2D eigenvalue weighted by atomic mass is 19.1. The van der Waals surface area contributed by atoms with Crippen LogP contribution in [0.4, 0.5) is 4.39 Å². The highest BCUT2D eigenvalue weighted by molar-refractivity contribution is 5.91. The third-order valence-electron chi connectivity index (χ3n) is 6.00. The van der Waals surface area contributed by atoms with Gasteiger partial charge in [-0.05, 0) is 62.9 Å². The minimum atomic E-state index is -0.138. The highest BCUT2D eigenvalue weighted by Gasteiger charge is 2.29. The number of piperidine rings is 1. The molecule has 4 rings (SSSR count). The number of hydrogen-bond donors (Lipinski definition) is 0. The van der Waals surface area contributed by atoms with Gasteiger partial charge in [0.05, 0.1) is 12.4 Å². The molecular weight excluding hydrogens is 371 g/mol. The molecule has 5 nitrogen and oxygen atoms in total. The summed E-state index contributed by atoms with van der Waals surface area (Å²) in [5.74, 6) is 0.632. The van der Waals surface area contributed by atoms with E-state index in [0.717, 1.165) is 50.9 Å². The first-order valence-electron chi connectivity index (χ1n) is 10.6. The zero-order valence-corrected chi connectivity index (χ0v) is 16.8. The molecule has 1 atom stereocenters. The summed E-state index contributed by atoms with van der Waals surface area (Å²) in [4.78, 5) is 17.1. The predicted octanol–water partition coefficient (Wildman–Crippen LogP) is 3.95. The van der Waals surface area contributed by atoms with Crippen molar-refractivity contribution in [3.63, 3.8) is 0 Å². The lowest BCUT2D eigenvalue weighted by Gasteiger charge is -2.35. The maximum atomic E-state index is 13.9. The van der Waals surface area contributed by atoms with Gasteiger partial charge in [0.15, 0.2) is 5.76 Å². The first kappa shape index (κ1) is 20.1. The van der Waals surface area contributed by atoms with Crippen LogP contribution in [0.3, 0.4) is 0 Å². The van der Waals surface area contributed by atoms with E-state index in [1.807, 2.05) is 17.0 Å². The molecule has 29 heavy (non-hydrogen) atoms. The Morgan fingerprint density at radius 3 is 2.62 bits per heavy atom. The van der Waals surface area contributed by atoms with Gasteiger partial charge in [-0.15, -0.1) is 0 Å². The second kappa shape index (κ2) is 9.55. The Kier molecular flexibility index (Phi) is 6.62. The SMILES string of the molecule is O=C(c1ccco1)N(CC1CCN(Cc2ccccc2F)CC1)CC1CCCO1. The lowest BCUT2D eigenvalue weighted by molar-refractivity contribution is 0.0422. The van der Waals surface area contributed by atoms with Crippen molar-refractivity contribution >= 4 is 5.91 Å². The highest BCUT2D eigenvalue weighted by Crippen LogP contribution is 2.23. The Balaban J connectivity index is 1.33. The Hall–Kier alpha value is -2.18. The van der Waals surface area contributed by atoms with Gasteiger partial charge < -0.3 is 14.1 Å². The molecule has 6 heteroatoms. The summed E-state index contributed by atoms with van der Waals surface area (Å²) in [6, 6.07) is 10.5. The van der Waals surface area contributed by atoms with Crippen LogP contribution in [0.2, 0.25) is 0 Å². The Labute approximate surface area is 171 Å². The number of hydrogen-bond acceptors (Lipinski definition) is 4. The number of ether oxygens (including phenoxy) is 1. The summed E-state index contributed by atoms with van der Waals surface area (Å²) in [6.07, 6.45) is 5.72. The largest absolute Gasteiger partial charge is 0.459 e. The van der Waals surface area contributed by atoms with Crippen molar-refractivity contribution in [3.8, 4) is 0 Å². The van der Waals surface area contributed by atoms with Gasteiger partial charge in [0.2, 0.25) is 0 Å². The number of carbonyl (C=O) groups excluding carboxylic acids is 1. The number of rotatable bonds is 7. The monoisotopic (exact) mass is 400 g/mol. The number of amides is 1. The van der Waals surface area contributed by atoms with Crippen LogP contribution in [0.1, 0.15) is 41.8 Å². The fourth-order valence-electron chi connectivity index (χ4n) is 4.34.